The van der Waals surface area contributed by atoms with Crippen LogP contribution in [0, 0.1) is 6.92 Å². The third-order valence-corrected chi connectivity index (χ3v) is 3.59. The van der Waals surface area contributed by atoms with Crippen molar-refractivity contribution in [3.63, 3.8) is 0 Å². The third kappa shape index (κ3) is 3.99. The van der Waals surface area contributed by atoms with Gasteiger partial charge in [-0.25, -0.2) is 0 Å². The monoisotopic (exact) mass is 285 g/mol. The zero-order valence-corrected chi connectivity index (χ0v) is 12.9. The van der Waals surface area contributed by atoms with Gasteiger partial charge in [-0.3, -0.25) is 0 Å². The molecule has 3 heteroatoms. The van der Waals surface area contributed by atoms with Crippen LogP contribution < -0.4 is 10.1 Å². The summed E-state index contributed by atoms with van der Waals surface area (Å²) in [6.07, 6.45) is 0. The maximum atomic E-state index is 9.71. The van der Waals surface area contributed by atoms with Crippen molar-refractivity contribution in [3.05, 3.63) is 59.2 Å². The number of phenols is 1. The normalized spacial score (nSPS) is 12.1. The summed E-state index contributed by atoms with van der Waals surface area (Å²) < 4.78 is 5.41. The summed E-state index contributed by atoms with van der Waals surface area (Å²) in [7, 11) is 0. The molecule has 0 saturated carbocycles. The first kappa shape index (κ1) is 15.4. The molecule has 0 fully saturated rings. The highest BCUT2D eigenvalue weighted by Gasteiger charge is 2.08. The molecule has 1 unspecified atom stereocenters. The van der Waals surface area contributed by atoms with Gasteiger partial charge in [0.2, 0.25) is 0 Å². The lowest BCUT2D eigenvalue weighted by atomic mass is 10.0. The number of nitrogens with one attached hydrogen (secondary N) is 1. The molecule has 0 bridgehead atoms. The second-order valence-electron chi connectivity index (χ2n) is 5.19. The van der Waals surface area contributed by atoms with Crippen LogP contribution in [-0.4, -0.2) is 11.7 Å². The fourth-order valence-corrected chi connectivity index (χ4v) is 2.39. The van der Waals surface area contributed by atoms with Crippen LogP contribution in [0.5, 0.6) is 11.5 Å². The van der Waals surface area contributed by atoms with Gasteiger partial charge in [0.25, 0.3) is 0 Å². The molecule has 21 heavy (non-hydrogen) atoms. The Labute approximate surface area is 126 Å². The molecule has 3 nitrogen and oxygen atoms in total. The minimum absolute atomic E-state index is 0.188. The van der Waals surface area contributed by atoms with Gasteiger partial charge in [0.05, 0.1) is 6.61 Å². The quantitative estimate of drug-likeness (QED) is 0.844. The van der Waals surface area contributed by atoms with Crippen molar-refractivity contribution in [1.82, 2.24) is 5.32 Å². The van der Waals surface area contributed by atoms with Gasteiger partial charge in [-0.2, -0.15) is 0 Å². The lowest BCUT2D eigenvalue weighted by Crippen LogP contribution is -2.18. The smallest absolute Gasteiger partial charge is 0.161 e. The SMILES string of the molecule is CCOc1cc(CNC(C)c2ccccc2C)ccc1O. The van der Waals surface area contributed by atoms with Crippen molar-refractivity contribution in [2.75, 3.05) is 6.61 Å². The third-order valence-electron chi connectivity index (χ3n) is 3.59. The number of hydrogen-bond acceptors (Lipinski definition) is 3. The Morgan fingerprint density at radius 2 is 1.95 bits per heavy atom. The minimum atomic E-state index is 0.188. The molecule has 112 valence electrons. The van der Waals surface area contributed by atoms with E-state index in [9.17, 15) is 5.11 Å². The highest BCUT2D eigenvalue weighted by Crippen LogP contribution is 2.27. The molecule has 0 heterocycles. The number of rotatable bonds is 6. The molecule has 0 amide bonds. The van der Waals surface area contributed by atoms with Crippen LogP contribution in [0.25, 0.3) is 0 Å². The molecule has 0 radical (unpaired) electrons. The molecule has 0 aliphatic carbocycles. The molecule has 0 aliphatic heterocycles. The second kappa shape index (κ2) is 7.14. The summed E-state index contributed by atoms with van der Waals surface area (Å²) in [6, 6.07) is 14.1. The number of aromatic hydroxyl groups is 1. The van der Waals surface area contributed by atoms with Crippen LogP contribution in [0.1, 0.15) is 36.6 Å². The Hall–Kier alpha value is -2.00. The number of benzene rings is 2. The fraction of sp³-hybridized carbons (Fsp3) is 0.333. The first-order valence-electron chi connectivity index (χ1n) is 7.35. The lowest BCUT2D eigenvalue weighted by Gasteiger charge is -2.17. The molecule has 0 spiro atoms. The zero-order valence-electron chi connectivity index (χ0n) is 12.9. The average Bonchev–Trinajstić information content (AvgIpc) is 2.48. The van der Waals surface area contributed by atoms with E-state index in [1.807, 2.05) is 19.1 Å². The van der Waals surface area contributed by atoms with Crippen molar-refractivity contribution < 1.29 is 9.84 Å². The summed E-state index contributed by atoms with van der Waals surface area (Å²) in [5.41, 5.74) is 3.69. The van der Waals surface area contributed by atoms with E-state index in [0.717, 1.165) is 12.1 Å². The van der Waals surface area contributed by atoms with Crippen molar-refractivity contribution in [1.29, 1.82) is 0 Å². The van der Waals surface area contributed by atoms with Gasteiger partial charge in [-0.15, -0.1) is 0 Å². The summed E-state index contributed by atoms with van der Waals surface area (Å²) in [4.78, 5) is 0. The van der Waals surface area contributed by atoms with E-state index in [0.29, 0.717) is 12.4 Å². The minimum Gasteiger partial charge on any atom is -0.504 e. The van der Waals surface area contributed by atoms with Gasteiger partial charge in [-0.1, -0.05) is 30.3 Å². The maximum Gasteiger partial charge on any atom is 0.161 e. The number of phenolic OH excluding ortho intramolecular Hbond substituents is 1. The zero-order chi connectivity index (χ0) is 15.2. The van der Waals surface area contributed by atoms with Gasteiger partial charge in [0.1, 0.15) is 0 Å². The Balaban J connectivity index is 2.03. The molecule has 2 rings (SSSR count). The van der Waals surface area contributed by atoms with Gasteiger partial charge in [-0.05, 0) is 49.6 Å². The predicted octanol–water partition coefficient (Wildman–Crippen LogP) is 3.95. The largest absolute Gasteiger partial charge is 0.504 e. The summed E-state index contributed by atoms with van der Waals surface area (Å²) in [5.74, 6) is 0.730. The van der Waals surface area contributed by atoms with Crippen LogP contribution in [0.2, 0.25) is 0 Å². The Morgan fingerprint density at radius 3 is 2.67 bits per heavy atom. The molecule has 0 aromatic heterocycles. The van der Waals surface area contributed by atoms with Gasteiger partial charge in [0.15, 0.2) is 11.5 Å². The van der Waals surface area contributed by atoms with Crippen LogP contribution in [0.15, 0.2) is 42.5 Å². The second-order valence-corrected chi connectivity index (χ2v) is 5.19. The van der Waals surface area contributed by atoms with Crippen LogP contribution >= 0.6 is 0 Å². The van der Waals surface area contributed by atoms with Crippen molar-refractivity contribution in [2.45, 2.75) is 33.4 Å². The van der Waals surface area contributed by atoms with Crippen molar-refractivity contribution in [2.24, 2.45) is 0 Å². The molecular weight excluding hydrogens is 262 g/mol. The highest BCUT2D eigenvalue weighted by atomic mass is 16.5. The van der Waals surface area contributed by atoms with Gasteiger partial charge >= 0.3 is 0 Å². The van der Waals surface area contributed by atoms with E-state index < -0.39 is 0 Å². The van der Waals surface area contributed by atoms with E-state index in [-0.39, 0.29) is 11.8 Å². The molecule has 0 aliphatic rings. The fourth-order valence-electron chi connectivity index (χ4n) is 2.39. The average molecular weight is 285 g/mol. The Morgan fingerprint density at radius 1 is 1.19 bits per heavy atom. The van der Waals surface area contributed by atoms with Crippen LogP contribution in [0.4, 0.5) is 0 Å². The number of ether oxygens (including phenoxy) is 1. The van der Waals surface area contributed by atoms with Gasteiger partial charge in [0, 0.05) is 12.6 Å². The first-order valence-corrected chi connectivity index (χ1v) is 7.35. The molecule has 2 aromatic rings. The molecular formula is C18H23NO2. The highest BCUT2D eigenvalue weighted by molar-refractivity contribution is 5.41. The maximum absolute atomic E-state index is 9.71. The number of hydrogen-bond donors (Lipinski definition) is 2. The lowest BCUT2D eigenvalue weighted by molar-refractivity contribution is 0.317. The summed E-state index contributed by atoms with van der Waals surface area (Å²) >= 11 is 0. The van der Waals surface area contributed by atoms with Gasteiger partial charge < -0.3 is 15.2 Å². The van der Waals surface area contributed by atoms with Crippen molar-refractivity contribution >= 4 is 0 Å². The van der Waals surface area contributed by atoms with Crippen molar-refractivity contribution in [3.8, 4) is 11.5 Å². The van der Waals surface area contributed by atoms with Crippen LogP contribution in [0.3, 0.4) is 0 Å². The molecule has 0 saturated heterocycles. The van der Waals surface area contributed by atoms with Crippen LogP contribution in [-0.2, 0) is 6.54 Å². The number of aryl methyl sites for hydroxylation is 1. The molecule has 2 aromatic carbocycles. The van der Waals surface area contributed by atoms with E-state index in [1.165, 1.54) is 11.1 Å². The topological polar surface area (TPSA) is 41.5 Å². The Kier molecular flexibility index (Phi) is 5.23. The predicted molar refractivity (Wildman–Crippen MR) is 85.7 cm³/mol. The van der Waals surface area contributed by atoms with E-state index >= 15 is 0 Å². The summed E-state index contributed by atoms with van der Waals surface area (Å²) in [6.45, 7) is 7.47. The molecule has 2 N–H and O–H groups in total. The Bertz CT molecular complexity index is 596. The first-order chi connectivity index (χ1) is 10.1. The van der Waals surface area contributed by atoms with E-state index in [2.05, 4.69) is 43.4 Å². The van der Waals surface area contributed by atoms with E-state index in [4.69, 9.17) is 4.74 Å². The standard InChI is InChI=1S/C18H23NO2/c1-4-21-18-11-15(9-10-17(18)20)12-19-14(3)16-8-6-5-7-13(16)2/h5-11,14,19-20H,4,12H2,1-3H3. The molecule has 1 atom stereocenters. The van der Waals surface area contributed by atoms with E-state index in [1.54, 1.807) is 6.07 Å². The summed E-state index contributed by atoms with van der Waals surface area (Å²) in [5, 5.41) is 13.2.